The number of pyridine rings is 1. The van der Waals surface area contributed by atoms with Crippen molar-refractivity contribution in [2.24, 2.45) is 5.73 Å². The van der Waals surface area contributed by atoms with E-state index in [2.05, 4.69) is 25.6 Å². The summed E-state index contributed by atoms with van der Waals surface area (Å²) >= 11 is 8.04. The van der Waals surface area contributed by atoms with Crippen molar-refractivity contribution in [1.82, 2.24) is 4.98 Å². The van der Waals surface area contributed by atoms with Gasteiger partial charge in [0, 0.05) is 10.7 Å². The van der Waals surface area contributed by atoms with Gasteiger partial charge >= 0.3 is 0 Å². The van der Waals surface area contributed by atoms with Gasteiger partial charge in [-0.15, -0.1) is 0 Å². The molecular formula is C12H10BrN3O2S2. The fourth-order valence-electron chi connectivity index (χ4n) is 1.43. The van der Waals surface area contributed by atoms with E-state index in [1.165, 1.54) is 18.3 Å². The van der Waals surface area contributed by atoms with E-state index in [-0.39, 0.29) is 9.88 Å². The van der Waals surface area contributed by atoms with Crippen LogP contribution in [0.1, 0.15) is 5.69 Å². The topological polar surface area (TPSA) is 85.1 Å². The molecule has 0 bridgehead atoms. The first-order valence-electron chi connectivity index (χ1n) is 5.43. The number of rotatable bonds is 4. The highest BCUT2D eigenvalue weighted by molar-refractivity contribution is 9.10. The summed E-state index contributed by atoms with van der Waals surface area (Å²) in [6.45, 7) is 0. The lowest BCUT2D eigenvalue weighted by molar-refractivity contribution is 0.601. The van der Waals surface area contributed by atoms with Crippen LogP contribution in [0.5, 0.6) is 0 Å². The van der Waals surface area contributed by atoms with Crippen LogP contribution in [-0.4, -0.2) is 18.4 Å². The van der Waals surface area contributed by atoms with E-state index in [1.807, 2.05) is 0 Å². The molecule has 1 aromatic heterocycles. The van der Waals surface area contributed by atoms with Gasteiger partial charge in [0.1, 0.15) is 9.88 Å². The maximum Gasteiger partial charge on any atom is 0.263 e. The molecule has 2 rings (SSSR count). The summed E-state index contributed by atoms with van der Waals surface area (Å²) in [6.07, 6.45) is 1.22. The maximum absolute atomic E-state index is 12.2. The van der Waals surface area contributed by atoms with E-state index >= 15 is 0 Å². The zero-order valence-corrected chi connectivity index (χ0v) is 13.3. The average molecular weight is 372 g/mol. The summed E-state index contributed by atoms with van der Waals surface area (Å²) in [5.41, 5.74) is 6.24. The number of thiocarbonyl (C=S) groups is 1. The summed E-state index contributed by atoms with van der Waals surface area (Å²) in [6, 6.07) is 9.79. The van der Waals surface area contributed by atoms with Crippen LogP contribution in [0.4, 0.5) is 5.69 Å². The highest BCUT2D eigenvalue weighted by Crippen LogP contribution is 2.24. The van der Waals surface area contributed by atoms with Gasteiger partial charge in [0.2, 0.25) is 0 Å². The van der Waals surface area contributed by atoms with Gasteiger partial charge in [-0.2, -0.15) is 0 Å². The molecule has 104 valence electrons. The van der Waals surface area contributed by atoms with Gasteiger partial charge < -0.3 is 5.73 Å². The number of hydrogen-bond donors (Lipinski definition) is 2. The second-order valence-electron chi connectivity index (χ2n) is 3.83. The van der Waals surface area contributed by atoms with E-state index in [9.17, 15) is 8.42 Å². The zero-order valence-electron chi connectivity index (χ0n) is 10.1. The Morgan fingerprint density at radius 3 is 2.50 bits per heavy atom. The Morgan fingerprint density at radius 2 is 1.95 bits per heavy atom. The number of para-hydroxylation sites is 1. The normalized spacial score (nSPS) is 11.1. The molecule has 0 fully saturated rings. The number of benzene rings is 1. The van der Waals surface area contributed by atoms with E-state index < -0.39 is 10.0 Å². The van der Waals surface area contributed by atoms with Gasteiger partial charge in [-0.1, -0.05) is 24.4 Å². The first-order valence-corrected chi connectivity index (χ1v) is 8.12. The van der Waals surface area contributed by atoms with Crippen molar-refractivity contribution < 1.29 is 8.42 Å². The lowest BCUT2D eigenvalue weighted by Gasteiger charge is -2.09. The van der Waals surface area contributed by atoms with Crippen LogP contribution in [0, 0.1) is 0 Å². The molecule has 1 heterocycles. The minimum absolute atomic E-state index is 0.0354. The molecule has 5 nitrogen and oxygen atoms in total. The molecule has 0 atom stereocenters. The molecule has 8 heteroatoms. The van der Waals surface area contributed by atoms with Crippen molar-refractivity contribution in [2.45, 2.75) is 4.90 Å². The van der Waals surface area contributed by atoms with Crippen LogP contribution in [0.15, 0.2) is 52.0 Å². The number of nitrogens with zero attached hydrogens (tertiary/aromatic N) is 1. The zero-order chi connectivity index (χ0) is 14.8. The van der Waals surface area contributed by atoms with Gasteiger partial charge in [0.15, 0.2) is 0 Å². The molecule has 1 aromatic carbocycles. The first-order chi connectivity index (χ1) is 9.40. The molecule has 0 aliphatic carbocycles. The van der Waals surface area contributed by atoms with E-state index in [4.69, 9.17) is 18.0 Å². The van der Waals surface area contributed by atoms with Crippen molar-refractivity contribution in [2.75, 3.05) is 4.72 Å². The van der Waals surface area contributed by atoms with Crippen LogP contribution in [0.2, 0.25) is 0 Å². The van der Waals surface area contributed by atoms with Crippen LogP contribution < -0.4 is 10.5 Å². The largest absolute Gasteiger partial charge is 0.388 e. The third kappa shape index (κ3) is 3.33. The van der Waals surface area contributed by atoms with Gasteiger partial charge in [0.25, 0.3) is 10.0 Å². The summed E-state index contributed by atoms with van der Waals surface area (Å²) in [5, 5.41) is 0. The van der Waals surface area contributed by atoms with E-state index in [1.54, 1.807) is 24.3 Å². The van der Waals surface area contributed by atoms with Gasteiger partial charge in [-0.3, -0.25) is 9.71 Å². The Bertz CT molecular complexity index is 746. The van der Waals surface area contributed by atoms with Crippen molar-refractivity contribution in [3.63, 3.8) is 0 Å². The van der Waals surface area contributed by atoms with Crippen LogP contribution in [0.3, 0.4) is 0 Å². The minimum Gasteiger partial charge on any atom is -0.388 e. The van der Waals surface area contributed by atoms with E-state index in [0.29, 0.717) is 15.9 Å². The lowest BCUT2D eigenvalue weighted by atomic mass is 10.3. The lowest BCUT2D eigenvalue weighted by Crippen LogP contribution is -2.15. The van der Waals surface area contributed by atoms with Crippen molar-refractivity contribution in [3.05, 3.63) is 52.8 Å². The number of nitrogens with two attached hydrogens (primary N) is 1. The molecule has 0 amide bonds. The predicted octanol–water partition coefficient (Wildman–Crippen LogP) is 2.28. The van der Waals surface area contributed by atoms with Gasteiger partial charge in [-0.05, 0) is 40.2 Å². The smallest absolute Gasteiger partial charge is 0.263 e. The molecule has 0 saturated heterocycles. The molecule has 20 heavy (non-hydrogen) atoms. The number of anilines is 1. The molecular weight excluding hydrogens is 362 g/mol. The Hall–Kier alpha value is -1.51. The molecule has 3 N–H and O–H groups in total. The molecule has 0 unspecified atom stereocenters. The van der Waals surface area contributed by atoms with Crippen LogP contribution in [0.25, 0.3) is 0 Å². The van der Waals surface area contributed by atoms with Crippen LogP contribution >= 0.6 is 28.1 Å². The second kappa shape index (κ2) is 5.86. The maximum atomic E-state index is 12.2. The molecule has 0 spiro atoms. The first kappa shape index (κ1) is 14.9. The molecule has 2 aromatic rings. The second-order valence-corrected chi connectivity index (χ2v) is 6.81. The van der Waals surface area contributed by atoms with Crippen molar-refractivity contribution >= 4 is 48.8 Å². The quantitative estimate of drug-likeness (QED) is 0.805. The summed E-state index contributed by atoms with van der Waals surface area (Å²) < 4.78 is 27.5. The molecule has 0 saturated carbocycles. The molecule has 0 radical (unpaired) electrons. The number of sulfonamides is 1. The van der Waals surface area contributed by atoms with Crippen molar-refractivity contribution in [3.8, 4) is 0 Å². The van der Waals surface area contributed by atoms with Crippen molar-refractivity contribution in [1.29, 1.82) is 0 Å². The molecule has 0 aliphatic rings. The summed E-state index contributed by atoms with van der Waals surface area (Å²) in [4.78, 5) is 4.07. The number of nitrogens with one attached hydrogen (secondary N) is 1. The monoisotopic (exact) mass is 371 g/mol. The SMILES string of the molecule is NC(=S)c1ccc(S(=O)(=O)Nc2ccccc2Br)cn1. The third-order valence-electron chi connectivity index (χ3n) is 2.42. The minimum atomic E-state index is -3.70. The molecule has 0 aliphatic heterocycles. The fraction of sp³-hybridized carbons (Fsp3) is 0. The number of halogens is 1. The van der Waals surface area contributed by atoms with Gasteiger partial charge in [-0.25, -0.2) is 8.42 Å². The highest BCUT2D eigenvalue weighted by Gasteiger charge is 2.16. The number of hydrogen-bond acceptors (Lipinski definition) is 4. The predicted molar refractivity (Wildman–Crippen MR) is 85.1 cm³/mol. The van der Waals surface area contributed by atoms with E-state index in [0.717, 1.165) is 0 Å². The Balaban J connectivity index is 2.31. The Morgan fingerprint density at radius 1 is 1.25 bits per heavy atom. The highest BCUT2D eigenvalue weighted by atomic mass is 79.9. The Kier molecular flexibility index (Phi) is 4.36. The Labute approximate surface area is 130 Å². The summed E-state index contributed by atoms with van der Waals surface area (Å²) in [5.74, 6) is 0. The fourth-order valence-corrected chi connectivity index (χ4v) is 3.09. The summed E-state index contributed by atoms with van der Waals surface area (Å²) in [7, 11) is -3.70. The standard InChI is InChI=1S/C12H10BrN3O2S2/c13-9-3-1-2-4-10(9)16-20(17,18)8-5-6-11(12(14)19)15-7-8/h1-7,16H,(H2,14,19). The number of aromatic nitrogens is 1. The third-order valence-corrected chi connectivity index (χ3v) is 4.67. The van der Waals surface area contributed by atoms with Gasteiger partial charge in [0.05, 0.1) is 11.4 Å². The van der Waals surface area contributed by atoms with Crippen LogP contribution in [-0.2, 0) is 10.0 Å². The average Bonchev–Trinajstić information content (AvgIpc) is 2.41.